The number of H-pyrrole nitrogens is 1. The van der Waals surface area contributed by atoms with Crippen molar-refractivity contribution in [1.29, 1.82) is 0 Å². The maximum atomic E-state index is 12.5. The number of aliphatic hydroxyl groups excluding tert-OH is 5. The van der Waals surface area contributed by atoms with Crippen LogP contribution in [-0.4, -0.2) is 104 Å². The summed E-state index contributed by atoms with van der Waals surface area (Å²) < 4.78 is 29.3. The van der Waals surface area contributed by atoms with Crippen LogP contribution in [0.5, 0.6) is 0 Å². The minimum absolute atomic E-state index is 0. The molecule has 5 unspecified atom stereocenters. The molecular formula is C26H31N7NaO13P. The second-order valence-electron chi connectivity index (χ2n) is 10.9. The molecule has 254 valence electrons. The van der Waals surface area contributed by atoms with Gasteiger partial charge in [0.25, 0.3) is 13.4 Å². The van der Waals surface area contributed by atoms with Crippen LogP contribution >= 0.6 is 7.82 Å². The summed E-state index contributed by atoms with van der Waals surface area (Å²) in [6.45, 7) is 1.12. The number of phosphoric acid groups is 1. The van der Waals surface area contributed by atoms with E-state index in [9.17, 15) is 49.4 Å². The molecule has 0 bridgehead atoms. The number of ether oxygens (including phenoxy) is 1. The molecule has 8 N–H and O–H groups in total. The van der Waals surface area contributed by atoms with E-state index >= 15 is 0 Å². The van der Waals surface area contributed by atoms with E-state index in [0.29, 0.717) is 11.0 Å². The van der Waals surface area contributed by atoms with E-state index in [1.54, 1.807) is 19.1 Å². The first-order chi connectivity index (χ1) is 22.1. The van der Waals surface area contributed by atoms with Crippen LogP contribution in [-0.2, 0) is 24.9 Å². The van der Waals surface area contributed by atoms with Gasteiger partial charge < -0.3 is 54.5 Å². The topological polar surface area (TPSA) is 311 Å². The number of phosphoric ester groups is 1. The summed E-state index contributed by atoms with van der Waals surface area (Å²) in [5.41, 5.74) is 4.79. The van der Waals surface area contributed by atoms with Crippen molar-refractivity contribution >= 4 is 24.7 Å². The molecule has 8 atom stereocenters. The van der Waals surface area contributed by atoms with Gasteiger partial charge in [-0.3, -0.25) is 18.9 Å². The van der Waals surface area contributed by atoms with E-state index in [1.807, 2.05) is 11.9 Å². The number of anilines is 1. The van der Waals surface area contributed by atoms with Gasteiger partial charge in [-0.25, -0.2) is 14.6 Å². The van der Waals surface area contributed by atoms with Crippen LogP contribution in [0.25, 0.3) is 22.6 Å². The Morgan fingerprint density at radius 3 is 2.44 bits per heavy atom. The van der Waals surface area contributed by atoms with Gasteiger partial charge in [0.2, 0.25) is 0 Å². The first-order valence-electron chi connectivity index (χ1n) is 14.0. The van der Waals surface area contributed by atoms with E-state index in [4.69, 9.17) is 15.0 Å². The quantitative estimate of drug-likeness (QED) is 0.0434. The van der Waals surface area contributed by atoms with Crippen molar-refractivity contribution in [2.24, 2.45) is 0 Å². The molecule has 2 aromatic rings. The summed E-state index contributed by atoms with van der Waals surface area (Å²) >= 11 is 0. The molecule has 3 aliphatic heterocycles. The number of aliphatic hydroxyl groups is 5. The summed E-state index contributed by atoms with van der Waals surface area (Å²) in [6.07, 6.45) is -10.9. The molecule has 0 aliphatic carbocycles. The van der Waals surface area contributed by atoms with Gasteiger partial charge in [0.1, 0.15) is 42.4 Å². The zero-order chi connectivity index (χ0) is 34.4. The summed E-state index contributed by atoms with van der Waals surface area (Å²) in [4.78, 5) is 62.5. The minimum Gasteiger partial charge on any atom is -0.756 e. The molecule has 0 amide bonds. The minimum atomic E-state index is -5.25. The zero-order valence-electron chi connectivity index (χ0n) is 25.7. The number of hydrogen-bond donors (Lipinski definition) is 7. The standard InChI is InChI=1S/C26H32N7O13P.Na/c1-10-5-12-13(6-11(10)2)33(22-18(28-12)23(39)31-25(40)30-22)7-14(34)19(36)15(35)8-44-47(42,43)45-9-16-20(37)21(38)24(46-16)32-4-3-17(27)29-26(32)41;/h3-6,14-16,19-21,24,34-38H,7-9H2,1-2H3,(H,42,43)(H2,27,29,41)(H,31,39,40);/q;+1/p-1/t14-,15+,16?,19-,20?,21?,24?;/m0./s1. The van der Waals surface area contributed by atoms with Crippen molar-refractivity contribution in [3.8, 4) is 11.5 Å². The Morgan fingerprint density at radius 2 is 1.75 bits per heavy atom. The Bertz CT molecular complexity index is 1990. The van der Waals surface area contributed by atoms with E-state index in [-0.39, 0.29) is 46.9 Å². The Labute approximate surface area is 291 Å². The molecule has 0 spiro atoms. The number of nitrogens with two attached hydrogens (primary N) is 1. The van der Waals surface area contributed by atoms with Gasteiger partial charge in [-0.2, -0.15) is 9.97 Å². The molecule has 0 saturated carbocycles. The second-order valence-corrected chi connectivity index (χ2v) is 12.4. The van der Waals surface area contributed by atoms with Crippen molar-refractivity contribution in [2.75, 3.05) is 18.9 Å². The summed E-state index contributed by atoms with van der Waals surface area (Å²) in [6, 6.07) is 4.59. The van der Waals surface area contributed by atoms with Crippen molar-refractivity contribution in [2.45, 2.75) is 63.2 Å². The number of aromatic nitrogens is 6. The monoisotopic (exact) mass is 703 g/mol. The molecule has 5 rings (SSSR count). The van der Waals surface area contributed by atoms with Crippen LogP contribution < -0.4 is 57.1 Å². The molecule has 48 heavy (non-hydrogen) atoms. The van der Waals surface area contributed by atoms with E-state index in [2.05, 4.69) is 19.5 Å². The molecule has 1 fully saturated rings. The largest absolute Gasteiger partial charge is 1.00 e. The van der Waals surface area contributed by atoms with Gasteiger partial charge in [-0.1, -0.05) is 0 Å². The van der Waals surface area contributed by atoms with Crippen molar-refractivity contribution in [3.05, 3.63) is 66.8 Å². The number of benzene rings is 1. The molecule has 0 radical (unpaired) electrons. The summed E-state index contributed by atoms with van der Waals surface area (Å²) in [7, 11) is -5.25. The summed E-state index contributed by atoms with van der Waals surface area (Å²) in [5.74, 6) is -0.302. The predicted molar refractivity (Wildman–Crippen MR) is 157 cm³/mol. The first-order valence-corrected chi connectivity index (χ1v) is 15.4. The normalized spacial score (nSPS) is 22.7. The number of aryl methyl sites for hydroxylation is 2. The molecule has 1 saturated heterocycles. The van der Waals surface area contributed by atoms with Gasteiger partial charge in [0, 0.05) is 6.20 Å². The number of nitrogens with zero attached hydrogens (tertiary/aromatic N) is 5. The van der Waals surface area contributed by atoms with Gasteiger partial charge in [0.15, 0.2) is 17.7 Å². The number of nitrogen functional groups attached to an aromatic ring is 1. The van der Waals surface area contributed by atoms with Gasteiger partial charge in [0.05, 0.1) is 30.8 Å². The average Bonchev–Trinajstić information content (AvgIpc) is 3.28. The fourth-order valence-corrected chi connectivity index (χ4v) is 5.71. The molecule has 1 aromatic heterocycles. The van der Waals surface area contributed by atoms with Crippen molar-refractivity contribution < 1.29 is 78.3 Å². The Hall–Kier alpha value is -2.95. The number of nitrogens with one attached hydrogen (secondary N) is 1. The second kappa shape index (κ2) is 14.9. The fraction of sp³-hybridized carbons (Fsp3) is 0.462. The Balaban J connectivity index is 0.00000520. The van der Waals surface area contributed by atoms with Crippen LogP contribution in [0.4, 0.5) is 5.82 Å². The average molecular weight is 704 g/mol. The van der Waals surface area contributed by atoms with Crippen molar-refractivity contribution in [3.63, 3.8) is 0 Å². The van der Waals surface area contributed by atoms with Gasteiger partial charge in [-0.15, -0.1) is 0 Å². The smallest absolute Gasteiger partial charge is 0.756 e. The van der Waals surface area contributed by atoms with Crippen LogP contribution in [0, 0.1) is 13.8 Å². The third kappa shape index (κ3) is 7.92. The van der Waals surface area contributed by atoms with Crippen LogP contribution in [0.2, 0.25) is 0 Å². The number of hydrogen-bond acceptors (Lipinski definition) is 17. The molecule has 4 heterocycles. The number of rotatable bonds is 11. The van der Waals surface area contributed by atoms with E-state index in [0.717, 1.165) is 21.9 Å². The zero-order valence-corrected chi connectivity index (χ0v) is 28.6. The molecule has 3 aliphatic rings. The van der Waals surface area contributed by atoms with Crippen molar-refractivity contribution in [1.82, 2.24) is 29.1 Å². The van der Waals surface area contributed by atoms with Gasteiger partial charge >= 0.3 is 40.9 Å². The summed E-state index contributed by atoms with van der Waals surface area (Å²) in [5, 5.41) is 52.5. The Kier molecular flexibility index (Phi) is 11.7. The Morgan fingerprint density at radius 1 is 1.06 bits per heavy atom. The van der Waals surface area contributed by atoms with E-state index in [1.165, 1.54) is 10.6 Å². The molecule has 1 aromatic carbocycles. The SMILES string of the molecule is Cc1cc2nc3c(=O)[nH]c(=O)nc-3n(C[C@H](O)[C@H](O)[C@H](O)COP(=O)([O-])OCC3OC(n4ccc(N)nc4=O)C(O)C3O)c2cc1C.[Na+]. The van der Waals surface area contributed by atoms with E-state index < -0.39 is 87.4 Å². The van der Waals surface area contributed by atoms with Crippen LogP contribution in [0.3, 0.4) is 0 Å². The third-order valence-corrected chi connectivity index (χ3v) is 8.58. The first kappa shape index (κ1) is 37.9. The fourth-order valence-electron chi connectivity index (χ4n) is 4.97. The number of aromatic amines is 1. The maximum absolute atomic E-state index is 12.5. The van der Waals surface area contributed by atoms with Crippen LogP contribution in [0.1, 0.15) is 17.4 Å². The maximum Gasteiger partial charge on any atom is 1.00 e. The predicted octanol–water partition coefficient (Wildman–Crippen LogP) is -6.75. The molecule has 22 heteroatoms. The third-order valence-electron chi connectivity index (χ3n) is 7.65. The van der Waals surface area contributed by atoms with Gasteiger partial charge in [-0.05, 0) is 43.2 Å². The molecule has 20 nitrogen and oxygen atoms in total. The molecular weight excluding hydrogens is 672 g/mol. The number of fused-ring (bicyclic) bond motifs is 2. The van der Waals surface area contributed by atoms with Crippen LogP contribution in [0.15, 0.2) is 38.8 Å².